The molecule has 1 aromatic carbocycles. The highest BCUT2D eigenvalue weighted by Crippen LogP contribution is 2.24. The molecule has 0 spiro atoms. The van der Waals surface area contributed by atoms with Crippen LogP contribution in [0.25, 0.3) is 11.3 Å². The van der Waals surface area contributed by atoms with E-state index in [1.54, 1.807) is 0 Å². The normalized spacial score (nSPS) is 15.7. The van der Waals surface area contributed by atoms with Crippen LogP contribution in [0.1, 0.15) is 17.5 Å². The second-order valence-electron chi connectivity index (χ2n) is 5.71. The van der Waals surface area contributed by atoms with Crippen molar-refractivity contribution in [2.45, 2.75) is 19.3 Å². The fraction of sp³-hybridized carbons (Fsp3) is 0.471. The van der Waals surface area contributed by atoms with Gasteiger partial charge < -0.3 is 4.90 Å². The highest BCUT2D eigenvalue weighted by atomic mass is 35.5. The van der Waals surface area contributed by atoms with Crippen molar-refractivity contribution in [3.05, 3.63) is 41.6 Å². The predicted octanol–water partition coefficient (Wildman–Crippen LogP) is 3.12. The van der Waals surface area contributed by atoms with E-state index in [1.807, 2.05) is 17.9 Å². The molecule has 0 radical (unpaired) electrons. The van der Waals surface area contributed by atoms with Gasteiger partial charge in [0.05, 0.1) is 5.69 Å². The Balaban J connectivity index is 1.79. The molecule has 21 heavy (non-hydrogen) atoms. The molecular formula is C17H22ClN3. The summed E-state index contributed by atoms with van der Waals surface area (Å²) in [4.78, 5) is 2.53. The first kappa shape index (κ1) is 14.6. The Morgan fingerprint density at radius 1 is 1.14 bits per heavy atom. The molecule has 1 aliphatic rings. The van der Waals surface area contributed by atoms with Gasteiger partial charge in [-0.05, 0) is 49.1 Å². The zero-order chi connectivity index (χ0) is 14.7. The summed E-state index contributed by atoms with van der Waals surface area (Å²) in [5.41, 5.74) is 5.43. The van der Waals surface area contributed by atoms with E-state index in [0.717, 1.165) is 44.8 Å². The molecule has 1 aliphatic heterocycles. The fourth-order valence-corrected chi connectivity index (χ4v) is 3.21. The van der Waals surface area contributed by atoms with E-state index in [-0.39, 0.29) is 0 Å². The molecule has 4 heteroatoms. The van der Waals surface area contributed by atoms with Crippen LogP contribution < -0.4 is 0 Å². The van der Waals surface area contributed by atoms with Gasteiger partial charge in [-0.15, -0.1) is 11.6 Å². The summed E-state index contributed by atoms with van der Waals surface area (Å²) < 4.78 is 1.94. The van der Waals surface area contributed by atoms with Crippen LogP contribution in [-0.2, 0) is 19.9 Å². The van der Waals surface area contributed by atoms with Gasteiger partial charge >= 0.3 is 0 Å². The monoisotopic (exact) mass is 303 g/mol. The number of aryl methyl sites for hydroxylation is 1. The number of aromatic nitrogens is 2. The largest absolute Gasteiger partial charge is 0.303 e. The van der Waals surface area contributed by atoms with E-state index >= 15 is 0 Å². The molecule has 112 valence electrons. The Bertz CT molecular complexity index is 606. The Morgan fingerprint density at radius 3 is 2.67 bits per heavy atom. The molecule has 0 aliphatic carbocycles. The molecule has 3 nitrogen and oxygen atoms in total. The van der Waals surface area contributed by atoms with Crippen molar-refractivity contribution < 1.29 is 0 Å². The van der Waals surface area contributed by atoms with Crippen molar-refractivity contribution in [2.24, 2.45) is 7.05 Å². The molecule has 0 N–H and O–H groups in total. The van der Waals surface area contributed by atoms with E-state index in [9.17, 15) is 0 Å². The Hall–Kier alpha value is -1.32. The lowest BCUT2D eigenvalue weighted by Crippen LogP contribution is -2.27. The number of alkyl halides is 1. The maximum atomic E-state index is 5.81. The Morgan fingerprint density at radius 2 is 1.95 bits per heavy atom. The smallest absolute Gasteiger partial charge is 0.0678 e. The number of fused-ring (bicyclic) bond motifs is 1. The predicted molar refractivity (Wildman–Crippen MR) is 87.8 cm³/mol. The van der Waals surface area contributed by atoms with E-state index < -0.39 is 0 Å². The first-order valence-electron chi connectivity index (χ1n) is 7.66. The summed E-state index contributed by atoms with van der Waals surface area (Å²) in [6.45, 7) is 3.40. The molecule has 0 saturated carbocycles. The Kier molecular flexibility index (Phi) is 4.61. The molecule has 1 aromatic heterocycles. The van der Waals surface area contributed by atoms with Crippen LogP contribution in [0.4, 0.5) is 0 Å². The van der Waals surface area contributed by atoms with Crippen LogP contribution in [0.2, 0.25) is 0 Å². The number of hydrogen-bond acceptors (Lipinski definition) is 2. The Labute approximate surface area is 131 Å². The molecule has 3 rings (SSSR count). The van der Waals surface area contributed by atoms with Crippen LogP contribution >= 0.6 is 11.6 Å². The summed E-state index contributed by atoms with van der Waals surface area (Å²) in [5, 5.41) is 4.27. The summed E-state index contributed by atoms with van der Waals surface area (Å²) in [6.07, 6.45) is 5.21. The van der Waals surface area contributed by atoms with E-state index in [2.05, 4.69) is 34.3 Å². The molecule has 0 fully saturated rings. The van der Waals surface area contributed by atoms with Crippen LogP contribution in [0.3, 0.4) is 0 Å². The quantitative estimate of drug-likeness (QED) is 0.809. The third kappa shape index (κ3) is 3.30. The number of hydrogen-bond donors (Lipinski definition) is 0. The van der Waals surface area contributed by atoms with Gasteiger partial charge in [-0.1, -0.05) is 12.1 Å². The highest BCUT2D eigenvalue weighted by molar-refractivity contribution is 6.17. The van der Waals surface area contributed by atoms with Crippen molar-refractivity contribution in [3.63, 3.8) is 0 Å². The molecule has 0 amide bonds. The summed E-state index contributed by atoms with van der Waals surface area (Å²) >= 11 is 5.81. The minimum absolute atomic E-state index is 0.758. The minimum atomic E-state index is 0.758. The van der Waals surface area contributed by atoms with Crippen molar-refractivity contribution >= 4 is 11.6 Å². The number of benzene rings is 1. The number of nitrogens with zero attached hydrogens (tertiary/aromatic N) is 3. The molecule has 2 heterocycles. The van der Waals surface area contributed by atoms with Crippen molar-refractivity contribution in [1.29, 1.82) is 0 Å². The van der Waals surface area contributed by atoms with Gasteiger partial charge in [-0.2, -0.15) is 5.10 Å². The van der Waals surface area contributed by atoms with E-state index in [0.29, 0.717) is 0 Å². The SMILES string of the molecule is Cn1nccc1-c1ccc2c(c1)CCN(CCCCl)CC2. The molecule has 0 unspecified atom stereocenters. The molecular weight excluding hydrogens is 282 g/mol. The van der Waals surface area contributed by atoms with Crippen LogP contribution in [0.15, 0.2) is 30.5 Å². The first-order valence-corrected chi connectivity index (χ1v) is 8.20. The van der Waals surface area contributed by atoms with E-state index in [4.69, 9.17) is 11.6 Å². The fourth-order valence-electron chi connectivity index (χ4n) is 3.09. The van der Waals surface area contributed by atoms with Gasteiger partial charge in [0.15, 0.2) is 0 Å². The van der Waals surface area contributed by atoms with Crippen molar-refractivity contribution in [2.75, 3.05) is 25.5 Å². The second kappa shape index (κ2) is 6.63. The van der Waals surface area contributed by atoms with Gasteiger partial charge in [0.2, 0.25) is 0 Å². The lowest BCUT2D eigenvalue weighted by atomic mass is 9.99. The lowest BCUT2D eigenvalue weighted by molar-refractivity contribution is 0.289. The minimum Gasteiger partial charge on any atom is -0.303 e. The summed E-state index contributed by atoms with van der Waals surface area (Å²) in [7, 11) is 1.99. The molecule has 0 atom stereocenters. The number of halogens is 1. The van der Waals surface area contributed by atoms with Crippen molar-refractivity contribution in [3.8, 4) is 11.3 Å². The van der Waals surface area contributed by atoms with Gasteiger partial charge in [-0.3, -0.25) is 4.68 Å². The van der Waals surface area contributed by atoms with Crippen LogP contribution in [0, 0.1) is 0 Å². The summed E-state index contributed by atoms with van der Waals surface area (Å²) in [5.74, 6) is 0.758. The number of rotatable bonds is 4. The standard InChI is InChI=1S/C17H22ClN3/c1-20-17(5-9-19-20)16-4-3-14-6-11-21(10-2-8-18)12-7-15(14)13-16/h3-5,9,13H,2,6-8,10-12H2,1H3. The van der Waals surface area contributed by atoms with E-state index in [1.165, 1.54) is 22.4 Å². The average molecular weight is 304 g/mol. The van der Waals surface area contributed by atoms with Crippen LogP contribution in [-0.4, -0.2) is 40.2 Å². The van der Waals surface area contributed by atoms with Crippen LogP contribution in [0.5, 0.6) is 0 Å². The maximum Gasteiger partial charge on any atom is 0.0678 e. The lowest BCUT2D eigenvalue weighted by Gasteiger charge is -2.18. The van der Waals surface area contributed by atoms with Gasteiger partial charge in [-0.25, -0.2) is 0 Å². The molecule has 0 bridgehead atoms. The third-order valence-corrected chi connectivity index (χ3v) is 4.59. The van der Waals surface area contributed by atoms with Crippen molar-refractivity contribution in [1.82, 2.24) is 14.7 Å². The topological polar surface area (TPSA) is 21.1 Å². The zero-order valence-corrected chi connectivity index (χ0v) is 13.3. The first-order chi connectivity index (χ1) is 10.3. The molecule has 2 aromatic rings. The molecule has 0 saturated heterocycles. The summed E-state index contributed by atoms with van der Waals surface area (Å²) in [6, 6.07) is 8.94. The third-order valence-electron chi connectivity index (χ3n) is 4.33. The zero-order valence-electron chi connectivity index (χ0n) is 12.6. The second-order valence-corrected chi connectivity index (χ2v) is 6.09. The average Bonchev–Trinajstić information content (AvgIpc) is 2.82. The van der Waals surface area contributed by atoms with Gasteiger partial charge in [0.25, 0.3) is 0 Å². The maximum absolute atomic E-state index is 5.81. The van der Waals surface area contributed by atoms with Gasteiger partial charge in [0, 0.05) is 37.8 Å². The highest BCUT2D eigenvalue weighted by Gasteiger charge is 2.14. The van der Waals surface area contributed by atoms with Gasteiger partial charge in [0.1, 0.15) is 0 Å².